The van der Waals surface area contributed by atoms with Crippen LogP contribution >= 0.6 is 23.2 Å². The van der Waals surface area contributed by atoms with Gasteiger partial charge in [-0.25, -0.2) is 0 Å². The summed E-state index contributed by atoms with van der Waals surface area (Å²) in [4.78, 5) is 10.3. The molecule has 0 aliphatic carbocycles. The molecule has 0 aromatic heterocycles. The fourth-order valence-electron chi connectivity index (χ4n) is 1.40. The third kappa shape index (κ3) is 3.15. The maximum atomic E-state index is 10.3. The molecule has 0 heterocycles. The van der Waals surface area contributed by atoms with Gasteiger partial charge < -0.3 is 10.1 Å². The molecule has 0 fully saturated rings. The summed E-state index contributed by atoms with van der Waals surface area (Å²) < 4.78 is 5.59. The van der Waals surface area contributed by atoms with Crippen molar-refractivity contribution in [2.75, 3.05) is 5.32 Å². The Balaban J connectivity index is 2.21. The molecule has 3 nitrogen and oxygen atoms in total. The molecular formula is C13H9Cl2NO2. The predicted octanol–water partition coefficient (Wildman–Crippen LogP) is 4.35. The molecule has 0 unspecified atom stereocenters. The van der Waals surface area contributed by atoms with Gasteiger partial charge >= 0.3 is 0 Å². The van der Waals surface area contributed by atoms with E-state index in [9.17, 15) is 4.79 Å². The lowest BCUT2D eigenvalue weighted by atomic mass is 10.3. The topological polar surface area (TPSA) is 38.3 Å². The van der Waals surface area contributed by atoms with Crippen molar-refractivity contribution in [3.05, 3.63) is 52.5 Å². The molecule has 1 amide bonds. The van der Waals surface area contributed by atoms with E-state index in [0.29, 0.717) is 33.6 Å². The van der Waals surface area contributed by atoms with Crippen molar-refractivity contribution in [1.82, 2.24) is 0 Å². The zero-order chi connectivity index (χ0) is 13.0. The molecule has 0 radical (unpaired) electrons. The van der Waals surface area contributed by atoms with Crippen LogP contribution in [0, 0.1) is 0 Å². The van der Waals surface area contributed by atoms with Crippen LogP contribution in [0.5, 0.6) is 11.5 Å². The first-order chi connectivity index (χ1) is 8.69. The number of amides is 1. The minimum absolute atomic E-state index is 0.404. The Morgan fingerprint density at radius 2 is 1.94 bits per heavy atom. The summed E-state index contributed by atoms with van der Waals surface area (Å²) in [5, 5.41) is 3.50. The van der Waals surface area contributed by atoms with Crippen molar-refractivity contribution in [3.63, 3.8) is 0 Å². The molecular weight excluding hydrogens is 273 g/mol. The molecule has 0 aliphatic heterocycles. The highest BCUT2D eigenvalue weighted by molar-refractivity contribution is 6.32. The molecule has 92 valence electrons. The minimum atomic E-state index is 0.404. The molecule has 2 aromatic rings. The normalized spacial score (nSPS) is 9.89. The van der Waals surface area contributed by atoms with E-state index in [4.69, 9.17) is 27.9 Å². The highest BCUT2D eigenvalue weighted by Crippen LogP contribution is 2.32. The second-order valence-electron chi connectivity index (χ2n) is 3.47. The van der Waals surface area contributed by atoms with Gasteiger partial charge in [-0.15, -0.1) is 0 Å². The van der Waals surface area contributed by atoms with Crippen LogP contribution < -0.4 is 10.1 Å². The second-order valence-corrected chi connectivity index (χ2v) is 4.31. The molecule has 0 saturated heterocycles. The molecule has 1 N–H and O–H groups in total. The molecule has 5 heteroatoms. The summed E-state index contributed by atoms with van der Waals surface area (Å²) in [6.07, 6.45) is 0.586. The van der Waals surface area contributed by atoms with Gasteiger partial charge in [0.1, 0.15) is 11.5 Å². The monoisotopic (exact) mass is 281 g/mol. The first-order valence-corrected chi connectivity index (χ1v) is 5.88. The maximum Gasteiger partial charge on any atom is 0.211 e. The zero-order valence-electron chi connectivity index (χ0n) is 9.19. The molecule has 0 aliphatic rings. The van der Waals surface area contributed by atoms with Crippen molar-refractivity contribution in [2.45, 2.75) is 0 Å². The van der Waals surface area contributed by atoms with Gasteiger partial charge in [-0.1, -0.05) is 29.3 Å². The van der Waals surface area contributed by atoms with Gasteiger partial charge in [-0.05, 0) is 36.4 Å². The molecule has 2 rings (SSSR count). The fraction of sp³-hybridized carbons (Fsp3) is 0. The van der Waals surface area contributed by atoms with E-state index >= 15 is 0 Å². The number of carbonyl (C=O) groups is 1. The number of hydrogen-bond donors (Lipinski definition) is 1. The molecule has 0 spiro atoms. The SMILES string of the molecule is O=CNc1ccc(Oc2cccc(Cl)c2)c(Cl)c1. The van der Waals surface area contributed by atoms with E-state index in [1.54, 1.807) is 42.5 Å². The van der Waals surface area contributed by atoms with Gasteiger partial charge in [0.25, 0.3) is 0 Å². The van der Waals surface area contributed by atoms with Crippen molar-refractivity contribution in [1.29, 1.82) is 0 Å². The van der Waals surface area contributed by atoms with Crippen LogP contribution in [0.1, 0.15) is 0 Å². The first kappa shape index (κ1) is 12.7. The van der Waals surface area contributed by atoms with Crippen molar-refractivity contribution in [2.24, 2.45) is 0 Å². The average Bonchev–Trinajstić information content (AvgIpc) is 2.33. The molecule has 0 atom stereocenters. The quantitative estimate of drug-likeness (QED) is 0.846. The van der Waals surface area contributed by atoms with Crippen LogP contribution in [0.25, 0.3) is 0 Å². The van der Waals surface area contributed by atoms with E-state index in [0.717, 1.165) is 0 Å². The Morgan fingerprint density at radius 3 is 2.61 bits per heavy atom. The Morgan fingerprint density at radius 1 is 1.11 bits per heavy atom. The largest absolute Gasteiger partial charge is 0.456 e. The summed E-state index contributed by atoms with van der Waals surface area (Å²) in [7, 11) is 0. The maximum absolute atomic E-state index is 10.3. The second kappa shape index (κ2) is 5.76. The summed E-state index contributed by atoms with van der Waals surface area (Å²) in [5.74, 6) is 1.09. The smallest absolute Gasteiger partial charge is 0.211 e. The Bertz CT molecular complexity index is 573. The number of halogens is 2. The number of hydrogen-bond acceptors (Lipinski definition) is 2. The van der Waals surface area contributed by atoms with Crippen LogP contribution in [-0.4, -0.2) is 6.41 Å². The zero-order valence-corrected chi connectivity index (χ0v) is 10.7. The number of ether oxygens (including phenoxy) is 1. The average molecular weight is 282 g/mol. The lowest BCUT2D eigenvalue weighted by Crippen LogP contribution is -1.93. The van der Waals surface area contributed by atoms with Crippen LogP contribution in [0.4, 0.5) is 5.69 Å². The van der Waals surface area contributed by atoms with E-state index in [2.05, 4.69) is 5.32 Å². The van der Waals surface area contributed by atoms with E-state index in [-0.39, 0.29) is 0 Å². The summed E-state index contributed by atoms with van der Waals surface area (Å²) in [5.41, 5.74) is 0.605. The highest BCUT2D eigenvalue weighted by Gasteiger charge is 2.04. The number of anilines is 1. The number of nitrogens with one attached hydrogen (secondary N) is 1. The van der Waals surface area contributed by atoms with E-state index < -0.39 is 0 Å². The van der Waals surface area contributed by atoms with Gasteiger partial charge in [0.05, 0.1) is 5.02 Å². The van der Waals surface area contributed by atoms with Crippen molar-refractivity contribution in [3.8, 4) is 11.5 Å². The van der Waals surface area contributed by atoms with E-state index in [1.807, 2.05) is 0 Å². The first-order valence-electron chi connectivity index (χ1n) is 5.12. The molecule has 2 aromatic carbocycles. The number of carbonyl (C=O) groups excluding carboxylic acids is 1. The number of rotatable bonds is 4. The lowest BCUT2D eigenvalue weighted by Gasteiger charge is -2.09. The number of benzene rings is 2. The standard InChI is InChI=1S/C13H9Cl2NO2/c14-9-2-1-3-11(6-9)18-13-5-4-10(16-8-17)7-12(13)15/h1-8H,(H,16,17). The Labute approximate surface area is 114 Å². The van der Waals surface area contributed by atoms with Gasteiger partial charge in [-0.2, -0.15) is 0 Å². The summed E-state index contributed by atoms with van der Waals surface area (Å²) in [6, 6.07) is 12.0. The molecule has 18 heavy (non-hydrogen) atoms. The molecule has 0 bridgehead atoms. The minimum Gasteiger partial charge on any atom is -0.456 e. The highest BCUT2D eigenvalue weighted by atomic mass is 35.5. The lowest BCUT2D eigenvalue weighted by molar-refractivity contribution is -0.105. The Kier molecular flexibility index (Phi) is 4.07. The van der Waals surface area contributed by atoms with Crippen molar-refractivity contribution >= 4 is 35.3 Å². The van der Waals surface area contributed by atoms with E-state index in [1.165, 1.54) is 0 Å². The van der Waals surface area contributed by atoms with Crippen LogP contribution in [-0.2, 0) is 4.79 Å². The predicted molar refractivity (Wildman–Crippen MR) is 72.7 cm³/mol. The van der Waals surface area contributed by atoms with Crippen LogP contribution in [0.15, 0.2) is 42.5 Å². The fourth-order valence-corrected chi connectivity index (χ4v) is 1.80. The molecule has 0 saturated carbocycles. The van der Waals surface area contributed by atoms with Crippen molar-refractivity contribution < 1.29 is 9.53 Å². The van der Waals surface area contributed by atoms with Gasteiger partial charge in [0, 0.05) is 10.7 Å². The van der Waals surface area contributed by atoms with Gasteiger partial charge in [0.15, 0.2) is 0 Å². The van der Waals surface area contributed by atoms with Gasteiger partial charge in [-0.3, -0.25) is 4.79 Å². The Hall–Kier alpha value is -1.71. The van der Waals surface area contributed by atoms with Crippen LogP contribution in [0.2, 0.25) is 10.0 Å². The third-order valence-electron chi connectivity index (χ3n) is 2.18. The summed E-state index contributed by atoms with van der Waals surface area (Å²) in [6.45, 7) is 0. The van der Waals surface area contributed by atoms with Gasteiger partial charge in [0.2, 0.25) is 6.41 Å². The third-order valence-corrected chi connectivity index (χ3v) is 2.71. The summed E-state index contributed by atoms with van der Waals surface area (Å²) >= 11 is 11.9. The van der Waals surface area contributed by atoms with Crippen LogP contribution in [0.3, 0.4) is 0 Å².